The van der Waals surface area contributed by atoms with Crippen LogP contribution in [0.25, 0.3) is 0 Å². The van der Waals surface area contributed by atoms with Gasteiger partial charge in [-0.25, -0.2) is 0 Å². The standard InChI is InChI=1S/C13H13N3O3S3/c1-19-9-4-2-3-8(5-9)10(17)6-20-12-15-16-13(22-12)21-7-11(14)18/h2-5H,6-7H2,1H3,(H2,14,18). The number of carbonyl (C=O) groups excluding carboxylic acids is 2. The fourth-order valence-corrected chi connectivity index (χ4v) is 4.11. The van der Waals surface area contributed by atoms with E-state index in [1.165, 1.54) is 34.9 Å². The molecule has 1 aromatic carbocycles. The Morgan fingerprint density at radius 2 is 1.91 bits per heavy atom. The predicted molar refractivity (Wildman–Crippen MR) is 87.9 cm³/mol. The van der Waals surface area contributed by atoms with Crippen molar-refractivity contribution in [3.63, 3.8) is 0 Å². The molecule has 0 atom stereocenters. The zero-order valence-electron chi connectivity index (χ0n) is 11.6. The number of hydrogen-bond donors (Lipinski definition) is 1. The molecule has 2 rings (SSSR count). The normalized spacial score (nSPS) is 10.4. The molecule has 0 unspecified atom stereocenters. The first-order valence-corrected chi connectivity index (χ1v) is 8.92. The molecule has 1 heterocycles. The van der Waals surface area contributed by atoms with Gasteiger partial charge in [0.2, 0.25) is 5.91 Å². The van der Waals surface area contributed by atoms with Gasteiger partial charge in [-0.15, -0.1) is 10.2 Å². The van der Waals surface area contributed by atoms with Gasteiger partial charge in [0, 0.05) is 5.56 Å². The van der Waals surface area contributed by atoms with Crippen LogP contribution in [-0.4, -0.2) is 40.5 Å². The molecule has 116 valence electrons. The Bertz CT molecular complexity index is 675. The molecule has 0 bridgehead atoms. The molecule has 0 radical (unpaired) electrons. The summed E-state index contributed by atoms with van der Waals surface area (Å²) in [7, 11) is 1.56. The van der Waals surface area contributed by atoms with E-state index in [2.05, 4.69) is 10.2 Å². The van der Waals surface area contributed by atoms with Gasteiger partial charge in [0.25, 0.3) is 0 Å². The van der Waals surface area contributed by atoms with Crippen LogP contribution in [0.4, 0.5) is 0 Å². The highest BCUT2D eigenvalue weighted by Crippen LogP contribution is 2.29. The van der Waals surface area contributed by atoms with E-state index < -0.39 is 5.91 Å². The molecule has 0 fully saturated rings. The van der Waals surface area contributed by atoms with Crippen molar-refractivity contribution in [1.82, 2.24) is 10.2 Å². The van der Waals surface area contributed by atoms with Crippen LogP contribution in [-0.2, 0) is 4.79 Å². The lowest BCUT2D eigenvalue weighted by atomic mass is 10.1. The highest BCUT2D eigenvalue weighted by Gasteiger charge is 2.11. The number of ketones is 1. The zero-order chi connectivity index (χ0) is 15.9. The first-order valence-electron chi connectivity index (χ1n) is 6.13. The third kappa shape index (κ3) is 5.00. The molecule has 22 heavy (non-hydrogen) atoms. The van der Waals surface area contributed by atoms with E-state index in [1.54, 1.807) is 31.4 Å². The summed E-state index contributed by atoms with van der Waals surface area (Å²) in [4.78, 5) is 22.8. The summed E-state index contributed by atoms with van der Waals surface area (Å²) < 4.78 is 6.44. The molecule has 9 heteroatoms. The molecule has 0 aliphatic heterocycles. The number of methoxy groups -OCH3 is 1. The number of amides is 1. The molecule has 1 aromatic heterocycles. The highest BCUT2D eigenvalue weighted by atomic mass is 32.2. The highest BCUT2D eigenvalue weighted by molar-refractivity contribution is 8.03. The maximum atomic E-state index is 12.1. The third-order valence-corrected chi connectivity index (χ3v) is 5.66. The van der Waals surface area contributed by atoms with E-state index in [9.17, 15) is 9.59 Å². The quantitative estimate of drug-likeness (QED) is 0.572. The lowest BCUT2D eigenvalue weighted by Gasteiger charge is -2.02. The van der Waals surface area contributed by atoms with Crippen molar-refractivity contribution in [2.24, 2.45) is 5.73 Å². The molecule has 2 aromatic rings. The second-order valence-electron chi connectivity index (χ2n) is 4.03. The Balaban J connectivity index is 1.89. The lowest BCUT2D eigenvalue weighted by Crippen LogP contribution is -2.12. The molecule has 0 saturated carbocycles. The molecule has 0 aliphatic rings. The van der Waals surface area contributed by atoms with E-state index in [0.29, 0.717) is 20.0 Å². The van der Waals surface area contributed by atoms with Crippen molar-refractivity contribution in [3.05, 3.63) is 29.8 Å². The number of primary amides is 1. The topological polar surface area (TPSA) is 95.2 Å². The van der Waals surface area contributed by atoms with Crippen LogP contribution in [0.15, 0.2) is 32.9 Å². The number of nitrogens with zero attached hydrogens (tertiary/aromatic N) is 2. The van der Waals surface area contributed by atoms with Crippen molar-refractivity contribution in [3.8, 4) is 5.75 Å². The lowest BCUT2D eigenvalue weighted by molar-refractivity contribution is -0.115. The summed E-state index contributed by atoms with van der Waals surface area (Å²) in [5, 5.41) is 7.91. The average Bonchev–Trinajstić information content (AvgIpc) is 2.98. The van der Waals surface area contributed by atoms with E-state index >= 15 is 0 Å². The number of ether oxygens (including phenoxy) is 1. The van der Waals surface area contributed by atoms with Crippen LogP contribution in [0.3, 0.4) is 0 Å². The summed E-state index contributed by atoms with van der Waals surface area (Å²) in [6, 6.07) is 7.02. The third-order valence-electron chi connectivity index (χ3n) is 2.44. The number of hydrogen-bond acceptors (Lipinski definition) is 8. The predicted octanol–water partition coefficient (Wildman–Crippen LogP) is 2.10. The second-order valence-corrected chi connectivity index (χ2v) is 7.46. The number of aromatic nitrogens is 2. The van der Waals surface area contributed by atoms with Crippen molar-refractivity contribution in [2.75, 3.05) is 18.6 Å². The van der Waals surface area contributed by atoms with Gasteiger partial charge in [-0.2, -0.15) is 0 Å². The first kappa shape index (κ1) is 16.8. The van der Waals surface area contributed by atoms with Gasteiger partial charge < -0.3 is 10.5 Å². The fourth-order valence-electron chi connectivity index (χ4n) is 1.45. The van der Waals surface area contributed by atoms with E-state index in [0.717, 1.165) is 0 Å². The minimum Gasteiger partial charge on any atom is -0.497 e. The van der Waals surface area contributed by atoms with Gasteiger partial charge in [-0.1, -0.05) is 47.0 Å². The van der Waals surface area contributed by atoms with Crippen LogP contribution < -0.4 is 10.5 Å². The Labute approximate surface area is 139 Å². The minimum atomic E-state index is -0.400. The van der Waals surface area contributed by atoms with Gasteiger partial charge in [-0.05, 0) is 12.1 Å². The number of nitrogens with two attached hydrogens (primary N) is 1. The minimum absolute atomic E-state index is 0.00885. The number of thioether (sulfide) groups is 2. The van der Waals surface area contributed by atoms with Crippen LogP contribution in [0.2, 0.25) is 0 Å². The van der Waals surface area contributed by atoms with Crippen LogP contribution >= 0.6 is 34.9 Å². The van der Waals surface area contributed by atoms with Crippen molar-refractivity contribution >= 4 is 46.6 Å². The van der Waals surface area contributed by atoms with Gasteiger partial charge in [0.05, 0.1) is 18.6 Å². The second kappa shape index (κ2) is 8.16. The van der Waals surface area contributed by atoms with E-state index in [-0.39, 0.29) is 17.3 Å². The Hall–Kier alpha value is -1.58. The van der Waals surface area contributed by atoms with E-state index in [1.807, 2.05) is 0 Å². The van der Waals surface area contributed by atoms with Gasteiger partial charge in [0.15, 0.2) is 14.5 Å². The Morgan fingerprint density at radius 1 is 1.23 bits per heavy atom. The summed E-state index contributed by atoms with van der Waals surface area (Å²) in [5.41, 5.74) is 5.67. The molecule has 0 spiro atoms. The summed E-state index contributed by atoms with van der Waals surface area (Å²) in [5.74, 6) is 0.676. The fraction of sp³-hybridized carbons (Fsp3) is 0.231. The van der Waals surface area contributed by atoms with Crippen molar-refractivity contribution in [2.45, 2.75) is 8.68 Å². The van der Waals surface area contributed by atoms with Crippen LogP contribution in [0.1, 0.15) is 10.4 Å². The Morgan fingerprint density at radius 3 is 2.55 bits per heavy atom. The number of rotatable bonds is 8. The molecule has 6 nitrogen and oxygen atoms in total. The number of benzene rings is 1. The monoisotopic (exact) mass is 355 g/mol. The first-order chi connectivity index (χ1) is 10.6. The van der Waals surface area contributed by atoms with Gasteiger partial charge in [0.1, 0.15) is 5.75 Å². The molecular formula is C13H13N3O3S3. The summed E-state index contributed by atoms with van der Waals surface area (Å²) in [6.07, 6.45) is 0. The summed E-state index contributed by atoms with van der Waals surface area (Å²) >= 11 is 3.90. The molecular weight excluding hydrogens is 342 g/mol. The molecule has 0 aliphatic carbocycles. The van der Waals surface area contributed by atoms with Crippen molar-refractivity contribution in [1.29, 1.82) is 0 Å². The maximum absolute atomic E-state index is 12.1. The SMILES string of the molecule is COc1cccc(C(=O)CSc2nnc(SCC(N)=O)s2)c1. The molecule has 0 saturated heterocycles. The largest absolute Gasteiger partial charge is 0.497 e. The van der Waals surface area contributed by atoms with Gasteiger partial charge >= 0.3 is 0 Å². The zero-order valence-corrected chi connectivity index (χ0v) is 14.1. The van der Waals surface area contributed by atoms with Crippen LogP contribution in [0, 0.1) is 0 Å². The Kier molecular flexibility index (Phi) is 6.22. The summed E-state index contributed by atoms with van der Waals surface area (Å²) in [6.45, 7) is 0. The van der Waals surface area contributed by atoms with E-state index in [4.69, 9.17) is 10.5 Å². The smallest absolute Gasteiger partial charge is 0.227 e. The number of Topliss-reactive ketones (excluding diaryl/α,β-unsaturated/α-hetero) is 1. The maximum Gasteiger partial charge on any atom is 0.227 e. The van der Waals surface area contributed by atoms with Gasteiger partial charge in [-0.3, -0.25) is 9.59 Å². The van der Waals surface area contributed by atoms with Crippen LogP contribution in [0.5, 0.6) is 5.75 Å². The average molecular weight is 355 g/mol. The number of carbonyl (C=O) groups is 2. The van der Waals surface area contributed by atoms with Crippen molar-refractivity contribution < 1.29 is 14.3 Å². The molecule has 2 N–H and O–H groups in total. The molecule has 1 amide bonds.